The lowest BCUT2D eigenvalue weighted by Crippen LogP contribution is -2.38. The van der Waals surface area contributed by atoms with Gasteiger partial charge in [-0.15, -0.1) is 0 Å². The molecule has 1 atom stereocenters. The van der Waals surface area contributed by atoms with Crippen LogP contribution in [0.15, 0.2) is 47.6 Å². The molecule has 6 nitrogen and oxygen atoms in total. The Labute approximate surface area is 187 Å². The van der Waals surface area contributed by atoms with Crippen molar-refractivity contribution >= 4 is 11.4 Å². The molecule has 0 radical (unpaired) electrons. The molecule has 0 aliphatic carbocycles. The van der Waals surface area contributed by atoms with Gasteiger partial charge in [0.25, 0.3) is 0 Å². The molecule has 2 aromatic rings. The number of ether oxygens (including phenoxy) is 3. The first-order chi connectivity index (χ1) is 15.1. The van der Waals surface area contributed by atoms with E-state index in [1.165, 1.54) is 0 Å². The maximum atomic E-state index is 7.51. The van der Waals surface area contributed by atoms with Crippen LogP contribution < -0.4 is 19.1 Å². The first-order valence-corrected chi connectivity index (χ1v) is 11.3. The molecule has 6 heteroatoms. The van der Waals surface area contributed by atoms with E-state index in [1.54, 1.807) is 7.11 Å². The van der Waals surface area contributed by atoms with Gasteiger partial charge in [-0.1, -0.05) is 27.2 Å². The molecule has 0 fully saturated rings. The quantitative estimate of drug-likeness (QED) is 0.330. The summed E-state index contributed by atoms with van der Waals surface area (Å²) in [6, 6.07) is 13.7. The highest BCUT2D eigenvalue weighted by molar-refractivity contribution is 5.62. The molecule has 2 aromatic carbocycles. The largest absolute Gasteiger partial charge is 0.497 e. The van der Waals surface area contributed by atoms with Gasteiger partial charge in [0.2, 0.25) is 0 Å². The Morgan fingerprint density at radius 1 is 1.00 bits per heavy atom. The van der Waals surface area contributed by atoms with E-state index in [0.29, 0.717) is 18.0 Å². The average molecular weight is 428 g/mol. The molecule has 31 heavy (non-hydrogen) atoms. The summed E-state index contributed by atoms with van der Waals surface area (Å²) in [6.45, 7) is 10.1. The summed E-state index contributed by atoms with van der Waals surface area (Å²) in [5.74, 6) is 2.31. The molecule has 1 unspecified atom stereocenters. The molecule has 0 saturated carbocycles. The third-order valence-corrected chi connectivity index (χ3v) is 5.44. The molecule has 0 aromatic heterocycles. The van der Waals surface area contributed by atoms with Gasteiger partial charge in [-0.25, -0.2) is 5.53 Å². The van der Waals surface area contributed by atoms with Gasteiger partial charge < -0.3 is 19.1 Å². The van der Waals surface area contributed by atoms with Crippen LogP contribution in [0.5, 0.6) is 17.2 Å². The third-order valence-electron chi connectivity index (χ3n) is 5.44. The Bertz CT molecular complexity index is 791. The fourth-order valence-corrected chi connectivity index (χ4v) is 3.41. The van der Waals surface area contributed by atoms with Crippen molar-refractivity contribution in [1.82, 2.24) is 0 Å². The van der Waals surface area contributed by atoms with Crippen molar-refractivity contribution < 1.29 is 14.2 Å². The fourth-order valence-electron chi connectivity index (χ4n) is 3.41. The predicted molar refractivity (Wildman–Crippen MR) is 126 cm³/mol. The zero-order chi connectivity index (χ0) is 22.6. The van der Waals surface area contributed by atoms with Crippen LogP contribution in [0.4, 0.5) is 11.4 Å². The SMILES string of the molecule is CCCCN(c1ccc(N=N)c(OC(CC)CC)c1)C(C)COc1ccc(OC)cc1. The van der Waals surface area contributed by atoms with Crippen molar-refractivity contribution in [3.63, 3.8) is 0 Å². The van der Waals surface area contributed by atoms with Crippen LogP contribution in [0.25, 0.3) is 0 Å². The van der Waals surface area contributed by atoms with E-state index in [2.05, 4.69) is 37.7 Å². The predicted octanol–water partition coefficient (Wildman–Crippen LogP) is 7.00. The van der Waals surface area contributed by atoms with E-state index in [0.717, 1.165) is 49.4 Å². The Morgan fingerprint density at radius 2 is 1.68 bits per heavy atom. The standard InChI is InChI=1S/C25H37N3O3/c1-6-9-16-28(19(4)18-30-23-13-11-22(29-5)12-14-23)20-10-15-24(27-26)25(17-20)31-21(7-2)8-3/h10-15,17,19,21,26H,6-9,16,18H2,1-5H3. The number of hydrogen-bond donors (Lipinski definition) is 1. The van der Waals surface area contributed by atoms with Gasteiger partial charge in [0.05, 0.1) is 19.3 Å². The van der Waals surface area contributed by atoms with E-state index in [-0.39, 0.29) is 12.1 Å². The first kappa shape index (κ1) is 24.5. The van der Waals surface area contributed by atoms with E-state index < -0.39 is 0 Å². The summed E-state index contributed by atoms with van der Waals surface area (Å²) < 4.78 is 17.4. The number of anilines is 1. The second kappa shape index (κ2) is 12.8. The molecule has 1 N–H and O–H groups in total. The number of methoxy groups -OCH3 is 1. The number of unbranched alkanes of at least 4 members (excludes halogenated alkanes) is 1. The maximum absolute atomic E-state index is 7.51. The number of nitrogens with one attached hydrogen (secondary N) is 1. The van der Waals surface area contributed by atoms with Crippen LogP contribution in [0.2, 0.25) is 0 Å². The van der Waals surface area contributed by atoms with Crippen molar-refractivity contribution in [1.29, 1.82) is 5.53 Å². The fraction of sp³-hybridized carbons (Fsp3) is 0.520. The number of hydrogen-bond acceptors (Lipinski definition) is 6. The van der Waals surface area contributed by atoms with Gasteiger partial charge in [-0.3, -0.25) is 0 Å². The molecule has 0 saturated heterocycles. The van der Waals surface area contributed by atoms with E-state index in [4.69, 9.17) is 19.7 Å². The normalized spacial score (nSPS) is 11.8. The summed E-state index contributed by atoms with van der Waals surface area (Å²) >= 11 is 0. The minimum absolute atomic E-state index is 0.121. The molecule has 0 heterocycles. The molecule has 2 rings (SSSR count). The summed E-state index contributed by atoms with van der Waals surface area (Å²) in [4.78, 5) is 2.35. The summed E-state index contributed by atoms with van der Waals surface area (Å²) in [5, 5.41) is 3.66. The Balaban J connectivity index is 2.19. The van der Waals surface area contributed by atoms with Crippen LogP contribution in [0.3, 0.4) is 0 Å². The molecule has 0 aliphatic heterocycles. The smallest absolute Gasteiger partial charge is 0.149 e. The van der Waals surface area contributed by atoms with Gasteiger partial charge in [-0.2, -0.15) is 5.11 Å². The van der Waals surface area contributed by atoms with Crippen LogP contribution >= 0.6 is 0 Å². The Morgan fingerprint density at radius 3 is 2.26 bits per heavy atom. The van der Waals surface area contributed by atoms with Gasteiger partial charge in [0.1, 0.15) is 29.5 Å². The van der Waals surface area contributed by atoms with Gasteiger partial charge in [0, 0.05) is 18.3 Å². The van der Waals surface area contributed by atoms with Crippen molar-refractivity contribution in [3.05, 3.63) is 42.5 Å². The van der Waals surface area contributed by atoms with Gasteiger partial charge in [0.15, 0.2) is 0 Å². The van der Waals surface area contributed by atoms with Crippen molar-refractivity contribution in [2.75, 3.05) is 25.2 Å². The van der Waals surface area contributed by atoms with Crippen LogP contribution in [0, 0.1) is 5.53 Å². The van der Waals surface area contributed by atoms with Gasteiger partial charge in [-0.05, 0) is 62.6 Å². The summed E-state index contributed by atoms with van der Waals surface area (Å²) in [7, 11) is 1.66. The second-order valence-electron chi connectivity index (χ2n) is 7.70. The molecular formula is C25H37N3O3. The Hall–Kier alpha value is -2.76. The van der Waals surface area contributed by atoms with Crippen molar-refractivity contribution in [3.8, 4) is 17.2 Å². The highest BCUT2D eigenvalue weighted by Gasteiger charge is 2.18. The van der Waals surface area contributed by atoms with Crippen LogP contribution in [-0.2, 0) is 0 Å². The number of rotatable bonds is 14. The molecule has 0 bridgehead atoms. The lowest BCUT2D eigenvalue weighted by Gasteiger charge is -2.32. The maximum Gasteiger partial charge on any atom is 0.149 e. The molecule has 170 valence electrons. The third kappa shape index (κ3) is 7.16. The summed E-state index contributed by atoms with van der Waals surface area (Å²) in [6.07, 6.45) is 4.16. The average Bonchev–Trinajstić information content (AvgIpc) is 2.81. The second-order valence-corrected chi connectivity index (χ2v) is 7.70. The number of benzene rings is 2. The number of nitrogens with zero attached hydrogens (tertiary/aromatic N) is 2. The molecule has 0 aliphatic rings. The van der Waals surface area contributed by atoms with Crippen molar-refractivity contribution in [2.45, 2.75) is 65.5 Å². The lowest BCUT2D eigenvalue weighted by molar-refractivity contribution is 0.193. The summed E-state index contributed by atoms with van der Waals surface area (Å²) in [5.41, 5.74) is 9.13. The highest BCUT2D eigenvalue weighted by atomic mass is 16.5. The van der Waals surface area contributed by atoms with Crippen LogP contribution in [0.1, 0.15) is 53.4 Å². The molecular weight excluding hydrogens is 390 g/mol. The first-order valence-electron chi connectivity index (χ1n) is 11.3. The lowest BCUT2D eigenvalue weighted by atomic mass is 10.1. The topological polar surface area (TPSA) is 67.1 Å². The van der Waals surface area contributed by atoms with Crippen molar-refractivity contribution in [2.24, 2.45) is 5.11 Å². The van der Waals surface area contributed by atoms with Gasteiger partial charge >= 0.3 is 0 Å². The molecule has 0 spiro atoms. The minimum Gasteiger partial charge on any atom is -0.497 e. The highest BCUT2D eigenvalue weighted by Crippen LogP contribution is 2.34. The minimum atomic E-state index is 0.121. The molecule has 0 amide bonds. The van der Waals surface area contributed by atoms with Crippen LogP contribution in [-0.4, -0.2) is 32.4 Å². The van der Waals surface area contributed by atoms with E-state index in [1.807, 2.05) is 42.5 Å². The van der Waals surface area contributed by atoms with E-state index >= 15 is 0 Å². The van der Waals surface area contributed by atoms with E-state index in [9.17, 15) is 0 Å². The zero-order valence-electron chi connectivity index (χ0n) is 19.6. The Kier molecular flexibility index (Phi) is 10.1. The monoisotopic (exact) mass is 427 g/mol. The zero-order valence-corrected chi connectivity index (χ0v) is 19.6.